The van der Waals surface area contributed by atoms with E-state index in [-0.39, 0.29) is 18.1 Å². The summed E-state index contributed by atoms with van der Waals surface area (Å²) in [4.78, 5) is 27.8. The Balaban J connectivity index is 1.80. The first-order valence-corrected chi connectivity index (χ1v) is 8.60. The average Bonchev–Trinajstić information content (AvgIpc) is 3.00. The summed E-state index contributed by atoms with van der Waals surface area (Å²) in [7, 11) is 0. The Morgan fingerprint density at radius 3 is 2.70 bits per heavy atom. The minimum atomic E-state index is -1.01. The number of nitriles is 1. The molecular weight excluding hydrogens is 366 g/mol. The number of ether oxygens (including phenoxy) is 1. The third kappa shape index (κ3) is 4.54. The van der Waals surface area contributed by atoms with Crippen LogP contribution in [0.3, 0.4) is 0 Å². The lowest BCUT2D eigenvalue weighted by Gasteiger charge is -2.05. The number of amides is 1. The quantitative estimate of drug-likeness (QED) is 0.772. The molecule has 1 aliphatic rings. The van der Waals surface area contributed by atoms with Crippen molar-refractivity contribution < 1.29 is 19.4 Å². The molecule has 27 heavy (non-hydrogen) atoms. The number of para-hydroxylation sites is 1. The molecule has 2 aromatic carbocycles. The largest absolute Gasteiger partial charge is 0.478 e. The molecule has 1 heterocycles. The number of benzene rings is 2. The van der Waals surface area contributed by atoms with Gasteiger partial charge in [0.25, 0.3) is 5.91 Å². The first-order valence-electron chi connectivity index (χ1n) is 7.78. The van der Waals surface area contributed by atoms with Gasteiger partial charge in [0.05, 0.1) is 16.2 Å². The van der Waals surface area contributed by atoms with Gasteiger partial charge in [-0.2, -0.15) is 5.26 Å². The van der Waals surface area contributed by atoms with E-state index >= 15 is 0 Å². The SMILES string of the molecule is N#CCOc1ccccc1/C=C1\SC(=Nc2ccc(C(=O)O)cc2)NC1=O. The number of carbonyl (C=O) groups is 2. The van der Waals surface area contributed by atoms with Crippen molar-refractivity contribution in [3.05, 3.63) is 64.6 Å². The van der Waals surface area contributed by atoms with Gasteiger partial charge in [0, 0.05) is 5.56 Å². The van der Waals surface area contributed by atoms with E-state index < -0.39 is 5.97 Å². The molecule has 2 aromatic rings. The highest BCUT2D eigenvalue weighted by Gasteiger charge is 2.24. The van der Waals surface area contributed by atoms with Crippen LogP contribution in [0.4, 0.5) is 5.69 Å². The zero-order chi connectivity index (χ0) is 19.2. The van der Waals surface area contributed by atoms with Crippen LogP contribution in [0, 0.1) is 11.3 Å². The van der Waals surface area contributed by atoms with E-state index in [2.05, 4.69) is 10.3 Å². The molecule has 0 aromatic heterocycles. The van der Waals surface area contributed by atoms with Crippen LogP contribution in [-0.4, -0.2) is 28.8 Å². The first kappa shape index (κ1) is 18.2. The fraction of sp³-hybridized carbons (Fsp3) is 0.0526. The number of carboxylic acids is 1. The number of aromatic carboxylic acids is 1. The number of nitrogens with zero attached hydrogens (tertiary/aromatic N) is 2. The van der Waals surface area contributed by atoms with E-state index in [1.807, 2.05) is 12.1 Å². The van der Waals surface area contributed by atoms with Crippen LogP contribution < -0.4 is 10.1 Å². The van der Waals surface area contributed by atoms with Crippen LogP contribution in [0.15, 0.2) is 58.4 Å². The van der Waals surface area contributed by atoms with Crippen LogP contribution in [-0.2, 0) is 4.79 Å². The molecule has 0 unspecified atom stereocenters. The molecule has 0 aliphatic carbocycles. The van der Waals surface area contributed by atoms with Crippen LogP contribution in [0.1, 0.15) is 15.9 Å². The van der Waals surface area contributed by atoms with E-state index in [4.69, 9.17) is 15.1 Å². The molecule has 0 spiro atoms. The normalized spacial score (nSPS) is 16.2. The molecule has 3 rings (SSSR count). The maximum Gasteiger partial charge on any atom is 0.335 e. The van der Waals surface area contributed by atoms with Crippen molar-refractivity contribution in [2.24, 2.45) is 4.99 Å². The number of amidine groups is 1. The highest BCUT2D eigenvalue weighted by Crippen LogP contribution is 2.30. The van der Waals surface area contributed by atoms with E-state index in [0.29, 0.717) is 27.1 Å². The second-order valence-electron chi connectivity index (χ2n) is 5.32. The summed E-state index contributed by atoms with van der Waals surface area (Å²) in [6.07, 6.45) is 1.67. The molecule has 8 heteroatoms. The van der Waals surface area contributed by atoms with Gasteiger partial charge in [0.1, 0.15) is 11.8 Å². The van der Waals surface area contributed by atoms with Crippen molar-refractivity contribution in [3.63, 3.8) is 0 Å². The summed E-state index contributed by atoms with van der Waals surface area (Å²) in [6.45, 7) is -0.0847. The molecule has 0 radical (unpaired) electrons. The Morgan fingerprint density at radius 1 is 1.26 bits per heavy atom. The summed E-state index contributed by atoms with van der Waals surface area (Å²) < 4.78 is 5.36. The van der Waals surface area contributed by atoms with Gasteiger partial charge < -0.3 is 15.2 Å². The molecule has 0 bridgehead atoms. The smallest absolute Gasteiger partial charge is 0.335 e. The van der Waals surface area contributed by atoms with Crippen LogP contribution in [0.25, 0.3) is 6.08 Å². The summed E-state index contributed by atoms with van der Waals surface area (Å²) in [6, 6.07) is 15.0. The Bertz CT molecular complexity index is 991. The Hall–Kier alpha value is -3.57. The third-order valence-electron chi connectivity index (χ3n) is 3.49. The standard InChI is InChI=1S/C19H13N3O4S/c20-9-10-26-15-4-2-1-3-13(15)11-16-17(23)22-19(27-16)21-14-7-5-12(6-8-14)18(24)25/h1-8,11H,10H2,(H,24,25)(H,21,22,23)/b16-11-. The van der Waals surface area contributed by atoms with Gasteiger partial charge in [0.15, 0.2) is 11.8 Å². The number of thioether (sulfide) groups is 1. The fourth-order valence-corrected chi connectivity index (χ4v) is 3.09. The lowest BCUT2D eigenvalue weighted by Crippen LogP contribution is -2.19. The monoisotopic (exact) mass is 379 g/mol. The maximum absolute atomic E-state index is 12.2. The highest BCUT2D eigenvalue weighted by molar-refractivity contribution is 8.18. The molecule has 1 fully saturated rings. The number of nitrogens with one attached hydrogen (secondary N) is 1. The molecule has 0 atom stereocenters. The predicted molar refractivity (Wildman–Crippen MR) is 102 cm³/mol. The van der Waals surface area contributed by atoms with Gasteiger partial charge in [-0.3, -0.25) is 4.79 Å². The van der Waals surface area contributed by atoms with Crippen LogP contribution in [0.2, 0.25) is 0 Å². The summed E-state index contributed by atoms with van der Waals surface area (Å²) in [5.41, 5.74) is 1.37. The van der Waals surface area contributed by atoms with Crippen molar-refractivity contribution in [1.82, 2.24) is 5.32 Å². The van der Waals surface area contributed by atoms with Gasteiger partial charge in [-0.05, 0) is 48.2 Å². The van der Waals surface area contributed by atoms with Crippen molar-refractivity contribution >= 4 is 40.6 Å². The van der Waals surface area contributed by atoms with Crippen molar-refractivity contribution in [2.45, 2.75) is 0 Å². The molecule has 2 N–H and O–H groups in total. The molecule has 0 saturated carbocycles. The molecule has 1 saturated heterocycles. The summed E-state index contributed by atoms with van der Waals surface area (Å²) in [5.74, 6) is -0.800. The Kier molecular flexibility index (Phi) is 5.54. The molecule has 7 nitrogen and oxygen atoms in total. The van der Waals surface area contributed by atoms with E-state index in [1.54, 1.807) is 36.4 Å². The topological polar surface area (TPSA) is 112 Å². The van der Waals surface area contributed by atoms with Crippen LogP contribution in [0.5, 0.6) is 5.75 Å². The number of hydrogen-bond donors (Lipinski definition) is 2. The van der Waals surface area contributed by atoms with E-state index in [1.165, 1.54) is 23.9 Å². The lowest BCUT2D eigenvalue weighted by molar-refractivity contribution is -0.115. The maximum atomic E-state index is 12.2. The van der Waals surface area contributed by atoms with Gasteiger partial charge in [-0.25, -0.2) is 9.79 Å². The van der Waals surface area contributed by atoms with Gasteiger partial charge >= 0.3 is 5.97 Å². The number of carboxylic acid groups (broad SMARTS) is 1. The minimum Gasteiger partial charge on any atom is -0.478 e. The van der Waals surface area contributed by atoms with Crippen LogP contribution >= 0.6 is 11.8 Å². The fourth-order valence-electron chi connectivity index (χ4n) is 2.26. The van der Waals surface area contributed by atoms with E-state index in [0.717, 1.165) is 0 Å². The number of rotatable bonds is 5. The zero-order valence-corrected chi connectivity index (χ0v) is 14.7. The second-order valence-corrected chi connectivity index (χ2v) is 6.35. The predicted octanol–water partition coefficient (Wildman–Crippen LogP) is 3.18. The zero-order valence-electron chi connectivity index (χ0n) is 13.9. The Morgan fingerprint density at radius 2 is 2.00 bits per heavy atom. The summed E-state index contributed by atoms with van der Waals surface area (Å²) >= 11 is 1.17. The van der Waals surface area contributed by atoms with Crippen molar-refractivity contribution in [2.75, 3.05) is 6.61 Å². The molecular formula is C19H13N3O4S. The van der Waals surface area contributed by atoms with Crippen molar-refractivity contribution in [3.8, 4) is 11.8 Å². The summed E-state index contributed by atoms with van der Waals surface area (Å²) in [5, 5.41) is 20.6. The number of hydrogen-bond acceptors (Lipinski definition) is 6. The van der Waals surface area contributed by atoms with Gasteiger partial charge in [-0.15, -0.1) is 0 Å². The average molecular weight is 379 g/mol. The third-order valence-corrected chi connectivity index (χ3v) is 4.40. The second kappa shape index (κ2) is 8.21. The Labute approximate surface area is 159 Å². The molecule has 1 amide bonds. The number of carbonyl (C=O) groups excluding carboxylic acids is 1. The first-order chi connectivity index (χ1) is 13.1. The molecule has 1 aliphatic heterocycles. The lowest BCUT2D eigenvalue weighted by atomic mass is 10.2. The number of aliphatic imine (C=N–C) groups is 1. The minimum absolute atomic E-state index is 0.0847. The van der Waals surface area contributed by atoms with Gasteiger partial charge in [0.2, 0.25) is 0 Å². The highest BCUT2D eigenvalue weighted by atomic mass is 32.2. The molecule has 134 valence electrons. The van der Waals surface area contributed by atoms with E-state index in [9.17, 15) is 9.59 Å². The van der Waals surface area contributed by atoms with Crippen molar-refractivity contribution in [1.29, 1.82) is 5.26 Å². The van der Waals surface area contributed by atoms with Gasteiger partial charge in [-0.1, -0.05) is 18.2 Å².